The fourth-order valence-electron chi connectivity index (χ4n) is 4.66. The molecule has 1 heterocycles. The van der Waals surface area contributed by atoms with Crippen molar-refractivity contribution >= 4 is 44.8 Å². The maximum atomic E-state index is 13.6. The molecule has 8 nitrogen and oxygen atoms in total. The van der Waals surface area contributed by atoms with Gasteiger partial charge < -0.3 is 14.8 Å². The van der Waals surface area contributed by atoms with Crippen LogP contribution in [-0.4, -0.2) is 45.4 Å². The molecule has 1 saturated heterocycles. The Labute approximate surface area is 238 Å². The summed E-state index contributed by atoms with van der Waals surface area (Å²) >= 11 is 12.6. The van der Waals surface area contributed by atoms with Crippen LogP contribution in [0.4, 0.5) is 5.69 Å². The fourth-order valence-corrected chi connectivity index (χ4v) is 6.88. The zero-order chi connectivity index (χ0) is 28.3. The summed E-state index contributed by atoms with van der Waals surface area (Å²) in [5, 5.41) is 13.6. The lowest BCUT2D eigenvalue weighted by molar-refractivity contribution is -0.119. The van der Waals surface area contributed by atoms with Crippen LogP contribution in [-0.2, 0) is 14.8 Å². The summed E-state index contributed by atoms with van der Waals surface area (Å²) in [6, 6.07) is 16.1. The molecule has 0 spiro atoms. The van der Waals surface area contributed by atoms with E-state index >= 15 is 0 Å². The maximum absolute atomic E-state index is 13.6. The van der Waals surface area contributed by atoms with E-state index in [0.29, 0.717) is 45.5 Å². The SMILES string of the molecule is COc1ccc(OC)c(S(=O)(=O)N2CCC[C@H]2C(=O)Nc2cc(Cl)c([C@@H](C#N)c3ccc(Cl)cc3)cc2C)c1. The number of benzene rings is 3. The van der Waals surface area contributed by atoms with E-state index < -0.39 is 27.9 Å². The van der Waals surface area contributed by atoms with Crippen molar-refractivity contribution in [1.82, 2.24) is 4.31 Å². The number of carbonyl (C=O) groups is 1. The number of nitrogens with one attached hydrogen (secondary N) is 1. The predicted molar refractivity (Wildman–Crippen MR) is 150 cm³/mol. The summed E-state index contributed by atoms with van der Waals surface area (Å²) in [6.07, 6.45) is 0.877. The van der Waals surface area contributed by atoms with Crippen molar-refractivity contribution in [2.75, 3.05) is 26.1 Å². The van der Waals surface area contributed by atoms with Crippen molar-refractivity contribution < 1.29 is 22.7 Å². The highest BCUT2D eigenvalue weighted by molar-refractivity contribution is 7.89. The number of nitrogens with zero attached hydrogens (tertiary/aromatic N) is 2. The minimum absolute atomic E-state index is 0.0719. The highest BCUT2D eigenvalue weighted by Gasteiger charge is 2.41. The maximum Gasteiger partial charge on any atom is 0.247 e. The van der Waals surface area contributed by atoms with Crippen molar-refractivity contribution in [3.8, 4) is 17.6 Å². The number of nitriles is 1. The quantitative estimate of drug-likeness (QED) is 0.358. The number of halogens is 2. The third-order valence-corrected chi connectivity index (χ3v) is 9.22. The number of rotatable bonds is 8. The topological polar surface area (TPSA) is 109 Å². The molecule has 39 heavy (non-hydrogen) atoms. The number of sulfonamides is 1. The number of methoxy groups -OCH3 is 2. The van der Waals surface area contributed by atoms with E-state index in [9.17, 15) is 18.5 Å². The lowest BCUT2D eigenvalue weighted by atomic mass is 9.91. The number of hydrogen-bond acceptors (Lipinski definition) is 6. The first-order chi connectivity index (χ1) is 18.6. The second-order valence-electron chi connectivity index (χ2n) is 9.08. The van der Waals surface area contributed by atoms with Gasteiger partial charge in [0, 0.05) is 28.3 Å². The molecule has 3 aromatic carbocycles. The molecule has 1 amide bonds. The highest BCUT2D eigenvalue weighted by atomic mass is 35.5. The van der Waals surface area contributed by atoms with Crippen molar-refractivity contribution in [2.24, 2.45) is 0 Å². The van der Waals surface area contributed by atoms with Gasteiger partial charge in [-0.05, 0) is 66.8 Å². The second kappa shape index (κ2) is 11.8. The Morgan fingerprint density at radius 2 is 1.82 bits per heavy atom. The number of hydrogen-bond donors (Lipinski definition) is 1. The second-order valence-corrected chi connectivity index (χ2v) is 11.8. The lowest BCUT2D eigenvalue weighted by Gasteiger charge is -2.25. The van der Waals surface area contributed by atoms with Crippen LogP contribution in [0.5, 0.6) is 11.5 Å². The molecule has 0 saturated carbocycles. The Kier molecular flexibility index (Phi) is 8.72. The van der Waals surface area contributed by atoms with Crippen LogP contribution in [0, 0.1) is 18.3 Å². The first-order valence-electron chi connectivity index (χ1n) is 12.1. The van der Waals surface area contributed by atoms with Gasteiger partial charge in [-0.3, -0.25) is 4.79 Å². The van der Waals surface area contributed by atoms with E-state index in [2.05, 4.69) is 11.4 Å². The Morgan fingerprint density at radius 1 is 1.10 bits per heavy atom. The molecule has 204 valence electrons. The largest absolute Gasteiger partial charge is 0.497 e. The van der Waals surface area contributed by atoms with E-state index in [1.807, 2.05) is 0 Å². The molecule has 1 aliphatic rings. The van der Waals surface area contributed by atoms with E-state index in [4.69, 9.17) is 32.7 Å². The van der Waals surface area contributed by atoms with Crippen molar-refractivity contribution in [1.29, 1.82) is 5.26 Å². The highest BCUT2D eigenvalue weighted by Crippen LogP contribution is 2.36. The minimum atomic E-state index is -4.08. The van der Waals surface area contributed by atoms with Crippen LogP contribution in [0.2, 0.25) is 10.0 Å². The molecule has 3 aromatic rings. The smallest absolute Gasteiger partial charge is 0.247 e. The monoisotopic (exact) mass is 587 g/mol. The van der Waals surface area contributed by atoms with Crippen LogP contribution in [0.25, 0.3) is 0 Å². The summed E-state index contributed by atoms with van der Waals surface area (Å²) in [6.45, 7) is 1.97. The first-order valence-corrected chi connectivity index (χ1v) is 14.3. The molecule has 0 aliphatic carbocycles. The van der Waals surface area contributed by atoms with Crippen LogP contribution >= 0.6 is 23.2 Å². The van der Waals surface area contributed by atoms with Gasteiger partial charge >= 0.3 is 0 Å². The zero-order valence-electron chi connectivity index (χ0n) is 21.6. The van der Waals surface area contributed by atoms with Crippen molar-refractivity contribution in [3.05, 3.63) is 81.3 Å². The van der Waals surface area contributed by atoms with Gasteiger partial charge in [0.1, 0.15) is 22.4 Å². The van der Waals surface area contributed by atoms with Crippen LogP contribution in [0.3, 0.4) is 0 Å². The molecular weight excluding hydrogens is 561 g/mol. The average molecular weight is 589 g/mol. The minimum Gasteiger partial charge on any atom is -0.497 e. The molecule has 0 aromatic heterocycles. The summed E-state index contributed by atoms with van der Waals surface area (Å²) in [5.74, 6) is -0.590. The lowest BCUT2D eigenvalue weighted by Crippen LogP contribution is -2.43. The summed E-state index contributed by atoms with van der Waals surface area (Å²) < 4.78 is 38.9. The first kappa shape index (κ1) is 28.7. The summed E-state index contributed by atoms with van der Waals surface area (Å²) in [7, 11) is -1.25. The van der Waals surface area contributed by atoms with E-state index in [-0.39, 0.29) is 17.2 Å². The molecule has 0 bridgehead atoms. The molecule has 1 aliphatic heterocycles. The Morgan fingerprint density at radius 3 is 2.46 bits per heavy atom. The average Bonchev–Trinajstić information content (AvgIpc) is 3.43. The molecule has 1 fully saturated rings. The molecule has 0 unspecified atom stereocenters. The normalized spacial score (nSPS) is 16.4. The van der Waals surface area contributed by atoms with Crippen LogP contribution in [0.1, 0.15) is 35.4 Å². The van der Waals surface area contributed by atoms with E-state index in [1.165, 1.54) is 30.7 Å². The van der Waals surface area contributed by atoms with Gasteiger partial charge in [-0.2, -0.15) is 9.57 Å². The van der Waals surface area contributed by atoms with Gasteiger partial charge in [-0.15, -0.1) is 0 Å². The van der Waals surface area contributed by atoms with Gasteiger partial charge in [0.15, 0.2) is 0 Å². The molecule has 0 radical (unpaired) electrons. The van der Waals surface area contributed by atoms with Crippen molar-refractivity contribution in [3.63, 3.8) is 0 Å². The van der Waals surface area contributed by atoms with E-state index in [0.717, 1.165) is 5.56 Å². The number of carbonyl (C=O) groups excluding carboxylic acids is 1. The van der Waals surface area contributed by atoms with E-state index in [1.54, 1.807) is 49.4 Å². The Hall–Kier alpha value is -3.29. The van der Waals surface area contributed by atoms with Crippen LogP contribution in [0.15, 0.2) is 59.5 Å². The van der Waals surface area contributed by atoms with Gasteiger partial charge in [-0.25, -0.2) is 8.42 Å². The molecule has 1 N–H and O–H groups in total. The van der Waals surface area contributed by atoms with Gasteiger partial charge in [0.25, 0.3) is 0 Å². The summed E-state index contributed by atoms with van der Waals surface area (Å²) in [4.78, 5) is 13.3. The standard InChI is InChI=1S/C28H27Cl2N3O5S/c1-17-13-21(22(16-31)18-6-8-19(29)9-7-18)23(30)15-24(17)32-28(34)25-5-4-12-33(25)39(35,36)27-14-20(37-2)10-11-26(27)38-3/h6-11,13-15,22,25H,4-5,12H2,1-3H3,(H,32,34)/t22-,25-/m0/s1. The number of amides is 1. The Bertz CT molecular complexity index is 1540. The molecule has 11 heteroatoms. The third kappa shape index (κ3) is 5.85. The molecule has 2 atom stereocenters. The fraction of sp³-hybridized carbons (Fsp3) is 0.286. The van der Waals surface area contributed by atoms with Gasteiger partial charge in [0.05, 0.1) is 26.2 Å². The number of ether oxygens (including phenoxy) is 2. The number of anilines is 1. The zero-order valence-corrected chi connectivity index (χ0v) is 23.9. The number of aryl methyl sites for hydroxylation is 1. The molecular formula is C28H27Cl2N3O5S. The Balaban J connectivity index is 1.60. The summed E-state index contributed by atoms with van der Waals surface area (Å²) in [5.41, 5.74) is 2.44. The van der Waals surface area contributed by atoms with Crippen LogP contribution < -0.4 is 14.8 Å². The van der Waals surface area contributed by atoms with Gasteiger partial charge in [0.2, 0.25) is 15.9 Å². The van der Waals surface area contributed by atoms with Crippen molar-refractivity contribution in [2.45, 2.75) is 36.6 Å². The molecule has 4 rings (SSSR count). The predicted octanol–water partition coefficient (Wildman–Crippen LogP) is 5.77. The third-order valence-electron chi connectivity index (χ3n) is 6.71. The van der Waals surface area contributed by atoms with Gasteiger partial charge in [-0.1, -0.05) is 41.4 Å².